The fourth-order valence-corrected chi connectivity index (χ4v) is 5.23. The summed E-state index contributed by atoms with van der Waals surface area (Å²) in [4.78, 5) is 38.2. The van der Waals surface area contributed by atoms with Crippen molar-refractivity contribution in [3.8, 4) is 0 Å². The maximum Gasteiger partial charge on any atom is 0.255 e. The summed E-state index contributed by atoms with van der Waals surface area (Å²) in [6.07, 6.45) is 3.53. The average Bonchev–Trinajstić information content (AvgIpc) is 3.41. The molecular weight excluding hydrogens is 510 g/mol. The highest BCUT2D eigenvalue weighted by Crippen LogP contribution is 2.31. The van der Waals surface area contributed by atoms with Gasteiger partial charge in [0.05, 0.1) is 18.6 Å². The molecule has 0 fully saturated rings. The quantitative estimate of drug-likeness (QED) is 0.283. The summed E-state index contributed by atoms with van der Waals surface area (Å²) < 4.78 is 0. The van der Waals surface area contributed by atoms with Crippen molar-refractivity contribution in [3.05, 3.63) is 125 Å². The van der Waals surface area contributed by atoms with Gasteiger partial charge in [-0.15, -0.1) is 0 Å². The van der Waals surface area contributed by atoms with Crippen LogP contribution in [0.3, 0.4) is 0 Å². The van der Waals surface area contributed by atoms with Gasteiger partial charge in [0, 0.05) is 53.4 Å². The molecule has 6 rings (SSSR count). The van der Waals surface area contributed by atoms with Gasteiger partial charge >= 0.3 is 0 Å². The van der Waals surface area contributed by atoms with Crippen LogP contribution in [0.15, 0.2) is 97.5 Å². The van der Waals surface area contributed by atoms with Crippen LogP contribution in [0.4, 0.5) is 11.4 Å². The van der Waals surface area contributed by atoms with E-state index in [1.807, 2.05) is 71.8 Å². The normalized spacial score (nSPS) is 13.2. The maximum absolute atomic E-state index is 13.8. The molecule has 194 valence electrons. The molecular formula is C31H26ClN5O2. The number of hydrogen-bond acceptors (Lipinski definition) is 4. The van der Waals surface area contributed by atoms with Gasteiger partial charge in [-0.2, -0.15) is 0 Å². The van der Waals surface area contributed by atoms with Crippen molar-refractivity contribution >= 4 is 45.6 Å². The molecule has 39 heavy (non-hydrogen) atoms. The van der Waals surface area contributed by atoms with Crippen molar-refractivity contribution in [2.45, 2.75) is 13.1 Å². The van der Waals surface area contributed by atoms with Gasteiger partial charge in [-0.05, 0) is 52.7 Å². The first kappa shape index (κ1) is 24.7. The monoisotopic (exact) mass is 535 g/mol. The van der Waals surface area contributed by atoms with E-state index in [0.29, 0.717) is 48.0 Å². The van der Waals surface area contributed by atoms with Crippen molar-refractivity contribution in [1.29, 1.82) is 0 Å². The van der Waals surface area contributed by atoms with Crippen molar-refractivity contribution in [3.63, 3.8) is 0 Å². The number of fused-ring (bicyclic) bond motifs is 2. The molecule has 0 aliphatic carbocycles. The Morgan fingerprint density at radius 1 is 0.949 bits per heavy atom. The second kappa shape index (κ2) is 10.6. The molecule has 0 radical (unpaired) electrons. The number of anilines is 2. The highest BCUT2D eigenvalue weighted by molar-refractivity contribution is 6.31. The topological polar surface area (TPSA) is 81.3 Å². The lowest BCUT2D eigenvalue weighted by Gasteiger charge is -2.25. The van der Waals surface area contributed by atoms with Crippen LogP contribution in [0.1, 0.15) is 32.0 Å². The van der Waals surface area contributed by atoms with Crippen LogP contribution >= 0.6 is 11.6 Å². The number of aromatic amines is 1. The van der Waals surface area contributed by atoms with E-state index in [-0.39, 0.29) is 11.8 Å². The van der Waals surface area contributed by atoms with Crippen LogP contribution in [0, 0.1) is 0 Å². The second-order valence-corrected chi connectivity index (χ2v) is 9.98. The van der Waals surface area contributed by atoms with Crippen LogP contribution in [0.2, 0.25) is 5.02 Å². The summed E-state index contributed by atoms with van der Waals surface area (Å²) in [6.45, 7) is 2.18. The average molecular weight is 536 g/mol. The minimum Gasteiger partial charge on any atom is -0.363 e. The lowest BCUT2D eigenvalue weighted by atomic mass is 10.0. The summed E-state index contributed by atoms with van der Waals surface area (Å²) in [7, 11) is 0. The number of nitrogens with zero attached hydrogens (tertiary/aromatic N) is 3. The summed E-state index contributed by atoms with van der Waals surface area (Å²) in [6, 6.07) is 26.5. The Labute approximate surface area is 231 Å². The molecule has 0 bridgehead atoms. The zero-order valence-electron chi connectivity index (χ0n) is 21.1. The first-order chi connectivity index (χ1) is 19.0. The SMILES string of the molecule is O=C(Nc1ccc2c(c1)N(Cc1c[nH]cn1)CCN(C(=O)c1cccc3ccccc13)C2)c1cccc(Cl)c1. The number of hydrogen-bond donors (Lipinski definition) is 2. The molecule has 2 heterocycles. The standard InChI is InChI=1S/C31H26ClN5O2/c32-24-8-3-7-22(15-24)30(38)35-25-12-11-23-18-37(14-13-36(29(23)16-25)19-26-17-33-20-34-26)31(39)28-10-4-6-21-5-1-2-9-27(21)28/h1-12,15-17,20H,13-14,18-19H2,(H,33,34)(H,35,38). The molecule has 2 N–H and O–H groups in total. The molecule has 1 aliphatic heterocycles. The number of benzene rings is 4. The lowest BCUT2D eigenvalue weighted by molar-refractivity contribution is 0.0753. The largest absolute Gasteiger partial charge is 0.363 e. The Kier molecular flexibility index (Phi) is 6.73. The fourth-order valence-electron chi connectivity index (χ4n) is 5.04. The molecule has 1 aliphatic rings. The third-order valence-electron chi connectivity index (χ3n) is 6.99. The van der Waals surface area contributed by atoms with Gasteiger partial charge in [-0.1, -0.05) is 60.1 Å². The molecule has 0 saturated heterocycles. The van der Waals surface area contributed by atoms with E-state index < -0.39 is 0 Å². The molecule has 2 amide bonds. The number of H-pyrrole nitrogens is 1. The maximum atomic E-state index is 13.8. The third-order valence-corrected chi connectivity index (χ3v) is 7.22. The molecule has 1 aromatic heterocycles. The smallest absolute Gasteiger partial charge is 0.255 e. The first-order valence-corrected chi connectivity index (χ1v) is 13.1. The van der Waals surface area contributed by atoms with Crippen molar-refractivity contribution < 1.29 is 9.59 Å². The number of amides is 2. The summed E-state index contributed by atoms with van der Waals surface area (Å²) in [5.41, 5.74) is 4.69. The zero-order valence-corrected chi connectivity index (χ0v) is 21.9. The van der Waals surface area contributed by atoms with E-state index in [1.54, 1.807) is 30.6 Å². The number of aromatic nitrogens is 2. The molecule has 0 saturated carbocycles. The van der Waals surface area contributed by atoms with E-state index in [4.69, 9.17) is 11.6 Å². The van der Waals surface area contributed by atoms with Gasteiger partial charge in [0.2, 0.25) is 0 Å². The fraction of sp³-hybridized carbons (Fsp3) is 0.129. The summed E-state index contributed by atoms with van der Waals surface area (Å²) in [5, 5.41) is 5.48. The van der Waals surface area contributed by atoms with Crippen LogP contribution in [-0.4, -0.2) is 39.8 Å². The highest BCUT2D eigenvalue weighted by atomic mass is 35.5. The number of nitrogens with one attached hydrogen (secondary N) is 2. The molecule has 4 aromatic carbocycles. The minimum absolute atomic E-state index is 0.00212. The van der Waals surface area contributed by atoms with E-state index in [1.165, 1.54) is 0 Å². The zero-order chi connectivity index (χ0) is 26.8. The van der Waals surface area contributed by atoms with E-state index in [0.717, 1.165) is 27.7 Å². The van der Waals surface area contributed by atoms with Crippen LogP contribution in [0.25, 0.3) is 10.8 Å². The molecule has 0 spiro atoms. The van der Waals surface area contributed by atoms with Crippen LogP contribution in [-0.2, 0) is 13.1 Å². The van der Waals surface area contributed by atoms with Gasteiger partial charge in [0.1, 0.15) is 0 Å². The molecule has 0 unspecified atom stereocenters. The second-order valence-electron chi connectivity index (χ2n) is 9.54. The predicted octanol–water partition coefficient (Wildman–Crippen LogP) is 6.13. The molecule has 7 nitrogen and oxygen atoms in total. The molecule has 8 heteroatoms. The Balaban J connectivity index is 1.32. The number of carbonyl (C=O) groups is 2. The van der Waals surface area contributed by atoms with Gasteiger partial charge in [-0.3, -0.25) is 9.59 Å². The Bertz CT molecular complexity index is 1660. The summed E-state index contributed by atoms with van der Waals surface area (Å²) in [5.74, 6) is -0.240. The Morgan fingerprint density at radius 3 is 2.64 bits per heavy atom. The van der Waals surface area contributed by atoms with Crippen LogP contribution in [0.5, 0.6) is 0 Å². The first-order valence-electron chi connectivity index (χ1n) is 12.7. The minimum atomic E-state index is -0.238. The number of halogens is 1. The molecule has 5 aromatic rings. The van der Waals surface area contributed by atoms with Gasteiger partial charge in [0.15, 0.2) is 0 Å². The van der Waals surface area contributed by atoms with Crippen molar-refractivity contribution in [2.75, 3.05) is 23.3 Å². The summed E-state index contributed by atoms with van der Waals surface area (Å²) >= 11 is 6.08. The van der Waals surface area contributed by atoms with Gasteiger partial charge in [-0.25, -0.2) is 4.98 Å². The van der Waals surface area contributed by atoms with E-state index in [9.17, 15) is 9.59 Å². The lowest BCUT2D eigenvalue weighted by Crippen LogP contribution is -2.35. The van der Waals surface area contributed by atoms with E-state index in [2.05, 4.69) is 20.2 Å². The molecule has 0 atom stereocenters. The van der Waals surface area contributed by atoms with Crippen LogP contribution < -0.4 is 10.2 Å². The van der Waals surface area contributed by atoms with Gasteiger partial charge in [0.25, 0.3) is 11.8 Å². The highest BCUT2D eigenvalue weighted by Gasteiger charge is 2.26. The Morgan fingerprint density at radius 2 is 1.79 bits per heavy atom. The van der Waals surface area contributed by atoms with Crippen molar-refractivity contribution in [2.24, 2.45) is 0 Å². The Hall–Kier alpha value is -4.62. The third kappa shape index (κ3) is 5.22. The number of carbonyl (C=O) groups excluding carboxylic acids is 2. The number of rotatable bonds is 5. The number of imidazole rings is 1. The van der Waals surface area contributed by atoms with Crippen molar-refractivity contribution in [1.82, 2.24) is 14.9 Å². The van der Waals surface area contributed by atoms with Gasteiger partial charge < -0.3 is 20.1 Å². The van der Waals surface area contributed by atoms with E-state index >= 15 is 0 Å². The predicted molar refractivity (Wildman–Crippen MR) is 154 cm³/mol.